The monoisotopic (exact) mass is 212 g/mol. The molecule has 0 radical (unpaired) electrons. The molecule has 0 heterocycles. The van der Waals surface area contributed by atoms with E-state index in [1.165, 1.54) is 0 Å². The zero-order chi connectivity index (χ0) is 11.3. The lowest BCUT2D eigenvalue weighted by Crippen LogP contribution is -2.22. The van der Waals surface area contributed by atoms with Gasteiger partial charge in [-0.2, -0.15) is 0 Å². The molecule has 84 valence electrons. The number of rotatable bonds is 5. The number of halogens is 1. The summed E-state index contributed by atoms with van der Waals surface area (Å²) in [5.41, 5.74) is 6.57. The van der Waals surface area contributed by atoms with Crippen LogP contribution in [0.25, 0.3) is 0 Å². The molecule has 0 saturated heterocycles. The van der Waals surface area contributed by atoms with Crippen molar-refractivity contribution in [3.8, 4) is 0 Å². The van der Waals surface area contributed by atoms with Crippen molar-refractivity contribution in [3.05, 3.63) is 35.1 Å². The predicted octanol–water partition coefficient (Wildman–Crippen LogP) is 0.709. The van der Waals surface area contributed by atoms with Gasteiger partial charge in [-0.25, -0.2) is 4.39 Å². The first-order valence-electron chi connectivity index (χ1n) is 4.94. The van der Waals surface area contributed by atoms with Crippen LogP contribution in [0.3, 0.4) is 0 Å². The summed E-state index contributed by atoms with van der Waals surface area (Å²) in [4.78, 5) is 1.86. The molecule has 0 bridgehead atoms. The summed E-state index contributed by atoms with van der Waals surface area (Å²) in [5, 5.41) is 8.73. The largest absolute Gasteiger partial charge is 0.395 e. The Hall–Kier alpha value is -0.970. The lowest BCUT2D eigenvalue weighted by Gasteiger charge is -2.16. The van der Waals surface area contributed by atoms with Gasteiger partial charge < -0.3 is 10.8 Å². The fourth-order valence-electron chi connectivity index (χ4n) is 1.45. The third-order valence-corrected chi connectivity index (χ3v) is 2.30. The number of aliphatic hydroxyl groups is 1. The first kappa shape index (κ1) is 12.1. The van der Waals surface area contributed by atoms with E-state index in [9.17, 15) is 4.39 Å². The Kier molecular flexibility index (Phi) is 4.68. The quantitative estimate of drug-likeness (QED) is 0.755. The molecule has 0 unspecified atom stereocenters. The van der Waals surface area contributed by atoms with Crippen LogP contribution < -0.4 is 5.73 Å². The summed E-state index contributed by atoms with van der Waals surface area (Å²) in [6, 6.07) is 5.22. The number of hydrogen-bond donors (Lipinski definition) is 2. The third kappa shape index (κ3) is 3.27. The Morgan fingerprint density at radius 2 is 2.07 bits per heavy atom. The molecule has 0 atom stereocenters. The van der Waals surface area contributed by atoms with Crippen LogP contribution in [-0.2, 0) is 13.1 Å². The van der Waals surface area contributed by atoms with E-state index >= 15 is 0 Å². The molecule has 3 nitrogen and oxygen atoms in total. The van der Waals surface area contributed by atoms with Gasteiger partial charge in [0.25, 0.3) is 0 Å². The van der Waals surface area contributed by atoms with Gasteiger partial charge in [-0.15, -0.1) is 0 Å². The zero-order valence-electron chi connectivity index (χ0n) is 8.91. The molecule has 15 heavy (non-hydrogen) atoms. The van der Waals surface area contributed by atoms with Crippen LogP contribution in [-0.4, -0.2) is 30.2 Å². The maximum atomic E-state index is 13.7. The molecule has 3 N–H and O–H groups in total. The molecule has 4 heteroatoms. The summed E-state index contributed by atoms with van der Waals surface area (Å²) in [7, 11) is 1.84. The van der Waals surface area contributed by atoms with E-state index in [1.54, 1.807) is 18.2 Å². The molecule has 0 aliphatic heterocycles. The van der Waals surface area contributed by atoms with Crippen LogP contribution in [0.1, 0.15) is 11.1 Å². The standard InChI is InChI=1S/C11H17FN2O/c1-14(5-6-15)8-10-4-2-3-9(7-13)11(10)12/h2-4,15H,5-8,13H2,1H3. The normalized spacial score (nSPS) is 11.0. The molecule has 0 spiro atoms. The second kappa shape index (κ2) is 5.80. The van der Waals surface area contributed by atoms with Crippen molar-refractivity contribution in [1.82, 2.24) is 4.90 Å². The fraction of sp³-hybridized carbons (Fsp3) is 0.455. The van der Waals surface area contributed by atoms with Crippen molar-refractivity contribution in [3.63, 3.8) is 0 Å². The number of likely N-dealkylation sites (N-methyl/N-ethyl adjacent to an activating group) is 1. The second-order valence-electron chi connectivity index (χ2n) is 3.56. The van der Waals surface area contributed by atoms with Gasteiger partial charge in [0.05, 0.1) is 6.61 Å². The average molecular weight is 212 g/mol. The molecule has 1 aromatic rings. The van der Waals surface area contributed by atoms with E-state index in [0.717, 1.165) is 0 Å². The molecule has 1 rings (SSSR count). The molecule has 0 aromatic heterocycles. The minimum Gasteiger partial charge on any atom is -0.395 e. The van der Waals surface area contributed by atoms with Gasteiger partial charge in [-0.3, -0.25) is 4.90 Å². The lowest BCUT2D eigenvalue weighted by molar-refractivity contribution is 0.216. The van der Waals surface area contributed by atoms with Crippen molar-refractivity contribution in [2.24, 2.45) is 5.73 Å². The van der Waals surface area contributed by atoms with E-state index in [-0.39, 0.29) is 19.0 Å². The van der Waals surface area contributed by atoms with Crippen LogP contribution >= 0.6 is 0 Å². The zero-order valence-corrected chi connectivity index (χ0v) is 8.91. The third-order valence-electron chi connectivity index (χ3n) is 2.30. The summed E-state index contributed by atoms with van der Waals surface area (Å²) in [6.07, 6.45) is 0. The van der Waals surface area contributed by atoms with Crippen molar-refractivity contribution >= 4 is 0 Å². The Bertz CT molecular complexity index is 317. The Morgan fingerprint density at radius 3 is 2.67 bits per heavy atom. The van der Waals surface area contributed by atoms with Crippen LogP contribution in [0, 0.1) is 5.82 Å². The number of aliphatic hydroxyl groups excluding tert-OH is 1. The van der Waals surface area contributed by atoms with E-state index in [2.05, 4.69) is 0 Å². The highest BCUT2D eigenvalue weighted by atomic mass is 19.1. The Morgan fingerprint density at radius 1 is 1.40 bits per heavy atom. The van der Waals surface area contributed by atoms with Gasteiger partial charge in [0.1, 0.15) is 5.82 Å². The number of nitrogens with zero attached hydrogens (tertiary/aromatic N) is 1. The second-order valence-corrected chi connectivity index (χ2v) is 3.56. The van der Waals surface area contributed by atoms with Crippen molar-refractivity contribution in [2.45, 2.75) is 13.1 Å². The van der Waals surface area contributed by atoms with Gasteiger partial charge in [0, 0.05) is 30.8 Å². The maximum absolute atomic E-state index is 13.7. The van der Waals surface area contributed by atoms with E-state index in [4.69, 9.17) is 10.8 Å². The minimum absolute atomic E-state index is 0.0781. The predicted molar refractivity (Wildman–Crippen MR) is 57.7 cm³/mol. The van der Waals surface area contributed by atoms with E-state index < -0.39 is 0 Å². The summed E-state index contributed by atoms with van der Waals surface area (Å²) < 4.78 is 13.7. The van der Waals surface area contributed by atoms with Gasteiger partial charge in [-0.1, -0.05) is 18.2 Å². The molecule has 0 saturated carbocycles. The van der Waals surface area contributed by atoms with Gasteiger partial charge in [-0.05, 0) is 7.05 Å². The fourth-order valence-corrected chi connectivity index (χ4v) is 1.45. The highest BCUT2D eigenvalue weighted by Crippen LogP contribution is 2.13. The SMILES string of the molecule is CN(CCO)Cc1cccc(CN)c1F. The molecule has 0 amide bonds. The highest BCUT2D eigenvalue weighted by Gasteiger charge is 2.08. The van der Waals surface area contributed by atoms with Crippen LogP contribution in [0.5, 0.6) is 0 Å². The lowest BCUT2D eigenvalue weighted by atomic mass is 10.1. The minimum atomic E-state index is -0.232. The average Bonchev–Trinajstić information content (AvgIpc) is 2.21. The van der Waals surface area contributed by atoms with E-state index in [0.29, 0.717) is 24.2 Å². The first-order valence-corrected chi connectivity index (χ1v) is 4.94. The summed E-state index contributed by atoms with van der Waals surface area (Å²) >= 11 is 0. The molecule has 0 aliphatic rings. The van der Waals surface area contributed by atoms with E-state index in [1.807, 2.05) is 11.9 Å². The van der Waals surface area contributed by atoms with Gasteiger partial charge >= 0.3 is 0 Å². The smallest absolute Gasteiger partial charge is 0.132 e. The molecular weight excluding hydrogens is 195 g/mol. The van der Waals surface area contributed by atoms with Crippen molar-refractivity contribution in [1.29, 1.82) is 0 Å². The number of hydrogen-bond acceptors (Lipinski definition) is 3. The Balaban J connectivity index is 2.76. The van der Waals surface area contributed by atoms with Gasteiger partial charge in [0.15, 0.2) is 0 Å². The van der Waals surface area contributed by atoms with Gasteiger partial charge in [0.2, 0.25) is 0 Å². The van der Waals surface area contributed by atoms with Crippen LogP contribution in [0.2, 0.25) is 0 Å². The topological polar surface area (TPSA) is 49.5 Å². The van der Waals surface area contributed by atoms with Crippen molar-refractivity contribution in [2.75, 3.05) is 20.2 Å². The summed E-state index contributed by atoms with van der Waals surface area (Å²) in [6.45, 7) is 1.31. The van der Waals surface area contributed by atoms with Crippen molar-refractivity contribution < 1.29 is 9.50 Å². The first-order chi connectivity index (χ1) is 7.19. The summed E-state index contributed by atoms with van der Waals surface area (Å²) in [5.74, 6) is -0.232. The number of nitrogens with two attached hydrogens (primary N) is 1. The van der Waals surface area contributed by atoms with Crippen LogP contribution in [0.15, 0.2) is 18.2 Å². The highest BCUT2D eigenvalue weighted by molar-refractivity contribution is 5.25. The molecule has 0 aliphatic carbocycles. The molecule has 1 aromatic carbocycles. The molecule has 0 fully saturated rings. The maximum Gasteiger partial charge on any atom is 0.132 e. The number of benzene rings is 1. The Labute approximate surface area is 89.3 Å². The van der Waals surface area contributed by atoms with Crippen LogP contribution in [0.4, 0.5) is 4.39 Å². The molecular formula is C11H17FN2O.